The molecule has 4 aliphatic carbocycles. The first-order valence-corrected chi connectivity index (χ1v) is 15.3. The second kappa shape index (κ2) is 10.2. The van der Waals surface area contributed by atoms with Gasteiger partial charge in [0.15, 0.2) is 0 Å². The van der Waals surface area contributed by atoms with Crippen LogP contribution in [0.25, 0.3) is 0 Å². The number of fused-ring (bicyclic) bond motifs is 5. The summed E-state index contributed by atoms with van der Waals surface area (Å²) in [6.07, 6.45) is 15.9. The molecule has 3 nitrogen and oxygen atoms in total. The number of ether oxygens (including phenoxy) is 1. The fourth-order valence-electron chi connectivity index (χ4n) is 9.52. The van der Waals surface area contributed by atoms with Crippen molar-refractivity contribution in [2.45, 2.75) is 111 Å². The molecule has 3 saturated carbocycles. The Bertz CT molecular complexity index is 984. The number of esters is 1. The predicted octanol–water partition coefficient (Wildman–Crippen LogP) is 8.22. The van der Waals surface area contributed by atoms with Crippen LogP contribution in [0.5, 0.6) is 0 Å². The van der Waals surface area contributed by atoms with Crippen LogP contribution in [0.3, 0.4) is 0 Å². The SMILES string of the molecule is CC(C)CCC[C@@H](C)[C@H]1CC[C@H]2[C@@H]3C=C[C@@]4(O)C[C@@H](OC(=O)c5ccccc5)CC[C@]4(C)[C@H]3CC[C@]12C. The molecule has 0 unspecified atom stereocenters. The van der Waals surface area contributed by atoms with Crippen molar-refractivity contribution in [2.75, 3.05) is 0 Å². The number of benzene rings is 1. The fourth-order valence-corrected chi connectivity index (χ4v) is 9.52. The van der Waals surface area contributed by atoms with Gasteiger partial charge in [-0.15, -0.1) is 0 Å². The molecule has 204 valence electrons. The maximum absolute atomic E-state index is 12.7. The van der Waals surface area contributed by atoms with E-state index in [2.05, 4.69) is 46.8 Å². The Balaban J connectivity index is 1.29. The van der Waals surface area contributed by atoms with Crippen molar-refractivity contribution in [3.63, 3.8) is 0 Å². The minimum Gasteiger partial charge on any atom is -0.459 e. The van der Waals surface area contributed by atoms with E-state index in [1.165, 1.54) is 44.9 Å². The molecule has 1 N–H and O–H groups in total. The quantitative estimate of drug-likeness (QED) is 0.299. The van der Waals surface area contributed by atoms with Crippen LogP contribution in [0.1, 0.15) is 109 Å². The zero-order valence-electron chi connectivity index (χ0n) is 23.9. The van der Waals surface area contributed by atoms with Gasteiger partial charge in [-0.25, -0.2) is 4.79 Å². The van der Waals surface area contributed by atoms with E-state index in [9.17, 15) is 9.90 Å². The van der Waals surface area contributed by atoms with E-state index >= 15 is 0 Å². The average Bonchev–Trinajstić information content (AvgIpc) is 3.22. The van der Waals surface area contributed by atoms with Gasteiger partial charge in [-0.1, -0.05) is 84.2 Å². The predicted molar refractivity (Wildman–Crippen MR) is 150 cm³/mol. The summed E-state index contributed by atoms with van der Waals surface area (Å²) in [4.78, 5) is 12.7. The second-order valence-corrected chi connectivity index (χ2v) is 14.2. The molecule has 3 heteroatoms. The summed E-state index contributed by atoms with van der Waals surface area (Å²) in [7, 11) is 0. The fraction of sp³-hybridized carbons (Fsp3) is 0.735. The molecular formula is C34H50O3. The van der Waals surface area contributed by atoms with E-state index in [-0.39, 0.29) is 17.5 Å². The molecule has 5 rings (SSSR count). The van der Waals surface area contributed by atoms with Crippen LogP contribution >= 0.6 is 0 Å². The number of carbonyl (C=O) groups excluding carboxylic acids is 1. The van der Waals surface area contributed by atoms with Crippen LogP contribution in [0.2, 0.25) is 0 Å². The number of hydrogen-bond acceptors (Lipinski definition) is 3. The molecule has 0 aromatic heterocycles. The maximum Gasteiger partial charge on any atom is 0.338 e. The summed E-state index contributed by atoms with van der Waals surface area (Å²) in [5.74, 6) is 3.99. The molecule has 0 saturated heterocycles. The Morgan fingerprint density at radius 3 is 2.49 bits per heavy atom. The zero-order chi connectivity index (χ0) is 26.4. The molecular weight excluding hydrogens is 456 g/mol. The first kappa shape index (κ1) is 27.0. The Hall–Kier alpha value is -1.61. The molecule has 0 bridgehead atoms. The topological polar surface area (TPSA) is 46.5 Å². The number of aliphatic hydroxyl groups is 1. The molecule has 0 amide bonds. The highest BCUT2D eigenvalue weighted by Crippen LogP contribution is 2.67. The van der Waals surface area contributed by atoms with Crippen LogP contribution in [0.15, 0.2) is 42.5 Å². The third-order valence-corrected chi connectivity index (χ3v) is 11.7. The van der Waals surface area contributed by atoms with Gasteiger partial charge in [0.25, 0.3) is 0 Å². The van der Waals surface area contributed by atoms with Crippen LogP contribution in [-0.2, 0) is 4.74 Å². The zero-order valence-corrected chi connectivity index (χ0v) is 23.9. The van der Waals surface area contributed by atoms with Crippen LogP contribution < -0.4 is 0 Å². The number of hydrogen-bond donors (Lipinski definition) is 1. The van der Waals surface area contributed by atoms with Gasteiger partial charge < -0.3 is 9.84 Å². The van der Waals surface area contributed by atoms with E-state index < -0.39 is 5.60 Å². The largest absolute Gasteiger partial charge is 0.459 e. The van der Waals surface area contributed by atoms with Gasteiger partial charge in [0, 0.05) is 11.8 Å². The normalized spacial score (nSPS) is 41.5. The first-order valence-electron chi connectivity index (χ1n) is 15.3. The first-order chi connectivity index (χ1) is 17.6. The van der Waals surface area contributed by atoms with Crippen molar-refractivity contribution in [1.82, 2.24) is 0 Å². The minimum absolute atomic E-state index is 0.148. The highest BCUT2D eigenvalue weighted by atomic mass is 16.5. The van der Waals surface area contributed by atoms with E-state index in [4.69, 9.17) is 4.74 Å². The summed E-state index contributed by atoms with van der Waals surface area (Å²) >= 11 is 0. The lowest BCUT2D eigenvalue weighted by Crippen LogP contribution is -2.61. The Kier molecular flexibility index (Phi) is 7.42. The third kappa shape index (κ3) is 4.72. The average molecular weight is 507 g/mol. The Labute approximate surface area is 225 Å². The van der Waals surface area contributed by atoms with Crippen molar-refractivity contribution in [3.05, 3.63) is 48.0 Å². The van der Waals surface area contributed by atoms with E-state index in [1.807, 2.05) is 18.2 Å². The van der Waals surface area contributed by atoms with E-state index in [0.29, 0.717) is 29.2 Å². The van der Waals surface area contributed by atoms with Crippen molar-refractivity contribution in [2.24, 2.45) is 46.3 Å². The van der Waals surface area contributed by atoms with Crippen LogP contribution in [-0.4, -0.2) is 22.8 Å². The third-order valence-electron chi connectivity index (χ3n) is 11.7. The lowest BCUT2D eigenvalue weighted by atomic mass is 9.45. The standard InChI is InChI=1S/C34H50O3/c1-23(2)10-9-11-24(3)28-14-15-29-27-17-21-34(36)22-26(37-31(35)25-12-7-6-8-13-25)16-20-33(34,5)30(27)18-19-32(28,29)4/h6-8,12-13,17,21,23-24,26-30,36H,9-11,14-16,18-20,22H2,1-5H3/t24-,26+,27+,28-,29+,30+,32-,33-,34-/m1/s1. The van der Waals surface area contributed by atoms with E-state index in [0.717, 1.165) is 36.5 Å². The molecule has 1 aromatic rings. The van der Waals surface area contributed by atoms with Gasteiger partial charge >= 0.3 is 5.97 Å². The molecule has 0 spiro atoms. The van der Waals surface area contributed by atoms with Gasteiger partial charge in [0.05, 0.1) is 11.2 Å². The minimum atomic E-state index is -0.899. The highest BCUT2D eigenvalue weighted by molar-refractivity contribution is 5.89. The molecule has 4 aliphatic rings. The van der Waals surface area contributed by atoms with Gasteiger partial charge in [-0.2, -0.15) is 0 Å². The second-order valence-electron chi connectivity index (χ2n) is 14.2. The van der Waals surface area contributed by atoms with Crippen molar-refractivity contribution in [1.29, 1.82) is 0 Å². The van der Waals surface area contributed by atoms with E-state index in [1.54, 1.807) is 12.1 Å². The monoisotopic (exact) mass is 506 g/mol. The number of allylic oxidation sites excluding steroid dienone is 1. The summed E-state index contributed by atoms with van der Waals surface area (Å²) in [6.45, 7) is 12.2. The highest BCUT2D eigenvalue weighted by Gasteiger charge is 2.63. The molecule has 0 heterocycles. The lowest BCUT2D eigenvalue weighted by molar-refractivity contribution is -0.168. The number of carbonyl (C=O) groups is 1. The molecule has 9 atom stereocenters. The molecule has 3 fully saturated rings. The van der Waals surface area contributed by atoms with Gasteiger partial charge in [-0.05, 0) is 91.6 Å². The van der Waals surface area contributed by atoms with Crippen molar-refractivity contribution >= 4 is 5.97 Å². The van der Waals surface area contributed by atoms with Crippen molar-refractivity contribution in [3.8, 4) is 0 Å². The number of rotatable bonds is 7. The Morgan fingerprint density at radius 1 is 1.00 bits per heavy atom. The summed E-state index contributed by atoms with van der Waals surface area (Å²) in [5, 5.41) is 12.1. The maximum atomic E-state index is 12.7. The summed E-state index contributed by atoms with van der Waals surface area (Å²) in [6, 6.07) is 9.23. The summed E-state index contributed by atoms with van der Waals surface area (Å²) in [5.41, 5.74) is -0.0338. The van der Waals surface area contributed by atoms with Gasteiger partial charge in [-0.3, -0.25) is 0 Å². The van der Waals surface area contributed by atoms with Crippen molar-refractivity contribution < 1.29 is 14.6 Å². The summed E-state index contributed by atoms with van der Waals surface area (Å²) < 4.78 is 5.91. The van der Waals surface area contributed by atoms with Crippen LogP contribution in [0.4, 0.5) is 0 Å². The Morgan fingerprint density at radius 2 is 1.76 bits per heavy atom. The molecule has 0 radical (unpaired) electrons. The smallest absolute Gasteiger partial charge is 0.338 e. The molecule has 37 heavy (non-hydrogen) atoms. The van der Waals surface area contributed by atoms with Gasteiger partial charge in [0.1, 0.15) is 6.10 Å². The van der Waals surface area contributed by atoms with Crippen LogP contribution in [0, 0.1) is 46.3 Å². The molecule has 1 aromatic carbocycles. The molecule has 0 aliphatic heterocycles. The lowest BCUT2D eigenvalue weighted by Gasteiger charge is -2.61. The van der Waals surface area contributed by atoms with Gasteiger partial charge in [0.2, 0.25) is 0 Å².